The number of halogens is 4. The SMILES string of the molecule is Cc1cc(Oc2c(F)cccc2F)ncc1-n1ncc(C(=O)C2=Cc3cc(OC(F)F)c(C4CCNCC4)cc3C2)c1C. The summed E-state index contributed by atoms with van der Waals surface area (Å²) in [5, 5.41) is 7.70. The number of fused-ring (bicyclic) bond motifs is 1. The third-order valence-corrected chi connectivity index (χ3v) is 7.94. The molecule has 1 N–H and O–H groups in total. The molecular formula is C32H28F4N4O3. The van der Waals surface area contributed by atoms with Gasteiger partial charge in [0.25, 0.3) is 0 Å². The molecular weight excluding hydrogens is 564 g/mol. The van der Waals surface area contributed by atoms with Crippen LogP contribution in [0.3, 0.4) is 0 Å². The normalized spacial score (nSPS) is 15.0. The predicted molar refractivity (Wildman–Crippen MR) is 151 cm³/mol. The number of hydrogen-bond acceptors (Lipinski definition) is 6. The summed E-state index contributed by atoms with van der Waals surface area (Å²) in [5.41, 5.74) is 5.01. The number of nitrogens with one attached hydrogen (secondary N) is 1. The first-order valence-electron chi connectivity index (χ1n) is 13.9. The highest BCUT2D eigenvalue weighted by atomic mass is 19.3. The largest absolute Gasteiger partial charge is 0.435 e. The van der Waals surface area contributed by atoms with Gasteiger partial charge < -0.3 is 14.8 Å². The lowest BCUT2D eigenvalue weighted by Crippen LogP contribution is -2.27. The molecule has 11 heteroatoms. The van der Waals surface area contributed by atoms with Crippen LogP contribution in [-0.4, -0.2) is 40.2 Å². The molecule has 0 saturated carbocycles. The van der Waals surface area contributed by atoms with Crippen molar-refractivity contribution in [3.05, 3.63) is 99.5 Å². The van der Waals surface area contributed by atoms with E-state index in [1.807, 2.05) is 6.07 Å². The summed E-state index contributed by atoms with van der Waals surface area (Å²) >= 11 is 0. The Morgan fingerprint density at radius 3 is 2.51 bits per heavy atom. The maximum absolute atomic E-state index is 14.0. The van der Waals surface area contributed by atoms with Gasteiger partial charge in [0.05, 0.1) is 29.3 Å². The smallest absolute Gasteiger partial charge is 0.387 e. The number of ketones is 1. The number of allylic oxidation sites excluding steroid dienone is 1. The molecule has 4 aromatic rings. The Balaban J connectivity index is 1.24. The molecule has 0 atom stereocenters. The van der Waals surface area contributed by atoms with Crippen LogP contribution >= 0.6 is 0 Å². The molecule has 1 aliphatic carbocycles. The lowest BCUT2D eigenvalue weighted by molar-refractivity contribution is -0.0507. The van der Waals surface area contributed by atoms with Gasteiger partial charge in [-0.25, -0.2) is 18.4 Å². The molecule has 1 fully saturated rings. The molecule has 0 amide bonds. The number of rotatable bonds is 8. The first kappa shape index (κ1) is 28.6. The summed E-state index contributed by atoms with van der Waals surface area (Å²) in [7, 11) is 0. The number of carbonyl (C=O) groups is 1. The molecule has 2 aliphatic rings. The predicted octanol–water partition coefficient (Wildman–Crippen LogP) is 6.85. The van der Waals surface area contributed by atoms with Crippen LogP contribution in [0.25, 0.3) is 11.8 Å². The summed E-state index contributed by atoms with van der Waals surface area (Å²) in [6.07, 6.45) is 6.65. The number of benzene rings is 2. The highest BCUT2D eigenvalue weighted by Crippen LogP contribution is 2.40. The number of alkyl halides is 2. The van der Waals surface area contributed by atoms with Crippen LogP contribution in [0.4, 0.5) is 17.6 Å². The van der Waals surface area contributed by atoms with Crippen LogP contribution in [0.1, 0.15) is 57.1 Å². The van der Waals surface area contributed by atoms with E-state index in [9.17, 15) is 22.4 Å². The van der Waals surface area contributed by atoms with E-state index in [-0.39, 0.29) is 23.3 Å². The fraction of sp³-hybridized carbons (Fsp3) is 0.281. The van der Waals surface area contributed by atoms with E-state index in [0.29, 0.717) is 40.1 Å². The standard InChI is InChI=1S/C32H28F4N4O3/c1-17-10-29(43-31-25(33)4-3-5-26(31)34)38-16-27(17)40-18(2)24(15-39-40)30(41)22-11-20-13-23(19-6-8-37-9-7-19)28(42-32(35)36)14-21(20)12-22/h3-5,10,12-16,19,32,37H,6-9,11H2,1-2H3. The molecule has 0 spiro atoms. The van der Waals surface area contributed by atoms with E-state index in [1.54, 1.807) is 30.7 Å². The molecule has 3 heterocycles. The fourth-order valence-corrected chi connectivity index (χ4v) is 5.72. The number of para-hydroxylation sites is 1. The van der Waals surface area contributed by atoms with E-state index >= 15 is 0 Å². The van der Waals surface area contributed by atoms with Gasteiger partial charge in [0.15, 0.2) is 17.4 Å². The van der Waals surface area contributed by atoms with Gasteiger partial charge in [-0.15, -0.1) is 0 Å². The van der Waals surface area contributed by atoms with Crippen molar-refractivity contribution in [1.82, 2.24) is 20.1 Å². The maximum atomic E-state index is 14.0. The van der Waals surface area contributed by atoms with E-state index in [2.05, 4.69) is 15.4 Å². The minimum Gasteiger partial charge on any atom is -0.435 e. The lowest BCUT2D eigenvalue weighted by Gasteiger charge is -2.25. The highest BCUT2D eigenvalue weighted by Gasteiger charge is 2.28. The van der Waals surface area contributed by atoms with Gasteiger partial charge in [0, 0.05) is 18.1 Å². The third-order valence-electron chi connectivity index (χ3n) is 7.94. The Morgan fingerprint density at radius 2 is 1.81 bits per heavy atom. The molecule has 0 radical (unpaired) electrons. The molecule has 2 aromatic heterocycles. The molecule has 7 nitrogen and oxygen atoms in total. The third kappa shape index (κ3) is 5.64. The van der Waals surface area contributed by atoms with Crippen LogP contribution in [0.15, 0.2) is 54.4 Å². The topological polar surface area (TPSA) is 78.3 Å². The number of ether oxygens (including phenoxy) is 2. The van der Waals surface area contributed by atoms with E-state index in [4.69, 9.17) is 9.47 Å². The van der Waals surface area contributed by atoms with Crippen molar-refractivity contribution < 1.29 is 31.8 Å². The van der Waals surface area contributed by atoms with Crippen LogP contribution < -0.4 is 14.8 Å². The first-order chi connectivity index (χ1) is 20.7. The number of carbonyl (C=O) groups excluding carboxylic acids is 1. The summed E-state index contributed by atoms with van der Waals surface area (Å²) in [6, 6.07) is 8.47. The summed E-state index contributed by atoms with van der Waals surface area (Å²) in [5.74, 6) is -2.22. The molecule has 43 heavy (non-hydrogen) atoms. The molecule has 0 unspecified atom stereocenters. The van der Waals surface area contributed by atoms with E-state index in [0.717, 1.165) is 49.2 Å². The van der Waals surface area contributed by atoms with Crippen molar-refractivity contribution in [2.75, 3.05) is 13.1 Å². The summed E-state index contributed by atoms with van der Waals surface area (Å²) < 4.78 is 66.4. The number of aryl methyl sites for hydroxylation is 1. The maximum Gasteiger partial charge on any atom is 0.387 e. The zero-order valence-corrected chi connectivity index (χ0v) is 23.5. The fourth-order valence-electron chi connectivity index (χ4n) is 5.72. The average molecular weight is 593 g/mol. The average Bonchev–Trinajstić information content (AvgIpc) is 3.57. The monoisotopic (exact) mass is 592 g/mol. The van der Waals surface area contributed by atoms with Crippen LogP contribution in [0.2, 0.25) is 0 Å². The summed E-state index contributed by atoms with van der Waals surface area (Å²) in [6.45, 7) is 2.18. The van der Waals surface area contributed by atoms with Crippen molar-refractivity contribution in [1.29, 1.82) is 0 Å². The second-order valence-electron chi connectivity index (χ2n) is 10.7. The van der Waals surface area contributed by atoms with Crippen molar-refractivity contribution in [2.45, 2.75) is 45.6 Å². The van der Waals surface area contributed by atoms with Gasteiger partial charge in [-0.1, -0.05) is 12.1 Å². The second-order valence-corrected chi connectivity index (χ2v) is 10.7. The number of Topliss-reactive ketones (excluding diaryl/α,β-unsaturated/α-hetero) is 1. The van der Waals surface area contributed by atoms with Gasteiger partial charge >= 0.3 is 6.61 Å². The van der Waals surface area contributed by atoms with Crippen molar-refractivity contribution in [2.24, 2.45) is 0 Å². The van der Waals surface area contributed by atoms with Gasteiger partial charge in [0.2, 0.25) is 11.6 Å². The van der Waals surface area contributed by atoms with Crippen molar-refractivity contribution >= 4 is 11.9 Å². The van der Waals surface area contributed by atoms with Gasteiger partial charge in [-0.3, -0.25) is 4.79 Å². The minimum absolute atomic E-state index is 0.000663. The molecule has 6 rings (SSSR count). The van der Waals surface area contributed by atoms with Gasteiger partial charge in [0.1, 0.15) is 5.75 Å². The second kappa shape index (κ2) is 11.6. The highest BCUT2D eigenvalue weighted by molar-refractivity contribution is 6.13. The number of pyridine rings is 1. The van der Waals surface area contributed by atoms with Crippen LogP contribution in [-0.2, 0) is 6.42 Å². The zero-order chi connectivity index (χ0) is 30.2. The number of piperidine rings is 1. The van der Waals surface area contributed by atoms with Crippen LogP contribution in [0, 0.1) is 25.5 Å². The first-order valence-corrected chi connectivity index (χ1v) is 13.9. The minimum atomic E-state index is -2.95. The molecule has 1 saturated heterocycles. The van der Waals surface area contributed by atoms with Crippen LogP contribution in [0.5, 0.6) is 17.4 Å². The van der Waals surface area contributed by atoms with Crippen molar-refractivity contribution in [3.63, 3.8) is 0 Å². The van der Waals surface area contributed by atoms with Crippen molar-refractivity contribution in [3.8, 4) is 23.1 Å². The van der Waals surface area contributed by atoms with Gasteiger partial charge in [-0.2, -0.15) is 13.9 Å². The quantitative estimate of drug-likeness (QED) is 0.178. The molecule has 222 valence electrons. The lowest BCUT2D eigenvalue weighted by atomic mass is 9.87. The zero-order valence-electron chi connectivity index (χ0n) is 23.5. The molecule has 0 bridgehead atoms. The number of aromatic nitrogens is 3. The molecule has 1 aliphatic heterocycles. The Bertz CT molecular complexity index is 1720. The Labute approximate surface area is 245 Å². The molecule has 2 aromatic carbocycles. The van der Waals surface area contributed by atoms with E-state index < -0.39 is 24.0 Å². The van der Waals surface area contributed by atoms with E-state index in [1.165, 1.54) is 24.5 Å². The number of hydrogen-bond donors (Lipinski definition) is 1. The Morgan fingerprint density at radius 1 is 1.07 bits per heavy atom. The van der Waals surface area contributed by atoms with Gasteiger partial charge in [-0.05, 0) is 92.2 Å². The number of nitrogens with zero attached hydrogens (tertiary/aromatic N) is 3. The Kier molecular flexibility index (Phi) is 7.74. The Hall–Kier alpha value is -4.51. The summed E-state index contributed by atoms with van der Waals surface area (Å²) in [4.78, 5) is 17.8.